The summed E-state index contributed by atoms with van der Waals surface area (Å²) in [6, 6.07) is 5.01. The number of ether oxygens (including phenoxy) is 1. The molecule has 3 heterocycles. The Morgan fingerprint density at radius 1 is 1.18 bits per heavy atom. The second-order valence-electron chi connectivity index (χ2n) is 6.55. The van der Waals surface area contributed by atoms with Gasteiger partial charge in [0.15, 0.2) is 5.76 Å². The fourth-order valence-electron chi connectivity index (χ4n) is 3.00. The molecule has 1 N–H and O–H groups in total. The van der Waals surface area contributed by atoms with Crippen molar-refractivity contribution < 1.29 is 18.7 Å². The van der Waals surface area contributed by atoms with Crippen LogP contribution in [0.3, 0.4) is 0 Å². The molecule has 2 aromatic rings. The summed E-state index contributed by atoms with van der Waals surface area (Å²) in [6.45, 7) is 4.95. The Kier molecular flexibility index (Phi) is 6.59. The zero-order valence-corrected chi connectivity index (χ0v) is 16.2. The van der Waals surface area contributed by atoms with Crippen LogP contribution in [-0.2, 0) is 4.74 Å². The van der Waals surface area contributed by atoms with Crippen LogP contribution < -0.4 is 5.32 Å². The molecule has 1 fully saturated rings. The third-order valence-corrected chi connectivity index (χ3v) is 4.47. The highest BCUT2D eigenvalue weighted by molar-refractivity contribution is 5.94. The predicted molar refractivity (Wildman–Crippen MR) is 102 cm³/mol. The van der Waals surface area contributed by atoms with E-state index in [9.17, 15) is 9.59 Å². The van der Waals surface area contributed by atoms with E-state index in [1.165, 1.54) is 6.26 Å². The van der Waals surface area contributed by atoms with Crippen LogP contribution >= 0.6 is 0 Å². The number of anilines is 1. The van der Waals surface area contributed by atoms with Gasteiger partial charge in [-0.1, -0.05) is 0 Å². The van der Waals surface area contributed by atoms with Crippen molar-refractivity contribution in [3.05, 3.63) is 41.6 Å². The first-order valence-electron chi connectivity index (χ1n) is 9.29. The Bertz CT molecular complexity index is 801. The summed E-state index contributed by atoms with van der Waals surface area (Å²) in [5.74, 6) is 0.439. The molecule has 0 aliphatic carbocycles. The van der Waals surface area contributed by atoms with Crippen LogP contribution in [0.4, 0.5) is 5.95 Å². The minimum atomic E-state index is -0.157. The van der Waals surface area contributed by atoms with Crippen LogP contribution in [0.25, 0.3) is 0 Å². The summed E-state index contributed by atoms with van der Waals surface area (Å²) in [5, 5.41) is 3.12. The highest BCUT2D eigenvalue weighted by Gasteiger charge is 2.27. The van der Waals surface area contributed by atoms with Crippen molar-refractivity contribution in [1.82, 2.24) is 19.8 Å². The van der Waals surface area contributed by atoms with Gasteiger partial charge in [-0.15, -0.1) is 0 Å². The molecule has 0 aromatic carbocycles. The Morgan fingerprint density at radius 3 is 2.54 bits per heavy atom. The van der Waals surface area contributed by atoms with E-state index < -0.39 is 0 Å². The molecule has 0 spiro atoms. The van der Waals surface area contributed by atoms with Crippen LogP contribution in [-0.4, -0.2) is 78.0 Å². The van der Waals surface area contributed by atoms with Crippen molar-refractivity contribution >= 4 is 17.8 Å². The first-order valence-corrected chi connectivity index (χ1v) is 9.29. The number of hydrogen-bond acceptors (Lipinski definition) is 7. The number of aromatic nitrogens is 2. The van der Waals surface area contributed by atoms with Crippen LogP contribution in [0.5, 0.6) is 0 Å². The van der Waals surface area contributed by atoms with Crippen LogP contribution in [0.2, 0.25) is 0 Å². The van der Waals surface area contributed by atoms with E-state index in [1.54, 1.807) is 35.1 Å². The van der Waals surface area contributed by atoms with Crippen molar-refractivity contribution in [3.8, 4) is 0 Å². The molecule has 2 aromatic heterocycles. The first-order chi connectivity index (χ1) is 13.6. The summed E-state index contributed by atoms with van der Waals surface area (Å²) in [7, 11) is 1.65. The van der Waals surface area contributed by atoms with Gasteiger partial charge in [-0.2, -0.15) is 0 Å². The van der Waals surface area contributed by atoms with Gasteiger partial charge in [0.05, 0.1) is 6.26 Å². The number of aryl methyl sites for hydroxylation is 1. The summed E-state index contributed by atoms with van der Waals surface area (Å²) >= 11 is 0. The maximum absolute atomic E-state index is 12.9. The molecule has 0 unspecified atom stereocenters. The highest BCUT2D eigenvalue weighted by Crippen LogP contribution is 2.13. The Balaban J connectivity index is 1.58. The van der Waals surface area contributed by atoms with E-state index in [2.05, 4.69) is 15.3 Å². The Labute approximate surface area is 163 Å². The van der Waals surface area contributed by atoms with Crippen LogP contribution in [0, 0.1) is 6.92 Å². The molecule has 9 nitrogen and oxygen atoms in total. The largest absolute Gasteiger partial charge is 0.459 e. The number of rotatable bonds is 7. The number of nitrogens with one attached hydrogen (secondary N) is 1. The van der Waals surface area contributed by atoms with E-state index in [0.717, 1.165) is 12.1 Å². The molecule has 2 amide bonds. The zero-order chi connectivity index (χ0) is 19.9. The van der Waals surface area contributed by atoms with E-state index in [0.29, 0.717) is 56.7 Å². The zero-order valence-electron chi connectivity index (χ0n) is 16.2. The van der Waals surface area contributed by atoms with Gasteiger partial charge >= 0.3 is 0 Å². The predicted octanol–water partition coefficient (Wildman–Crippen LogP) is 1.42. The van der Waals surface area contributed by atoms with Gasteiger partial charge in [0, 0.05) is 52.1 Å². The normalized spacial score (nSPS) is 14.2. The van der Waals surface area contributed by atoms with Gasteiger partial charge < -0.3 is 24.3 Å². The molecule has 0 radical (unpaired) electrons. The van der Waals surface area contributed by atoms with Gasteiger partial charge in [0.25, 0.3) is 11.8 Å². The Hall–Kier alpha value is -2.94. The number of piperazine rings is 1. The molecule has 1 saturated heterocycles. The lowest BCUT2D eigenvalue weighted by Crippen LogP contribution is -2.50. The lowest BCUT2D eigenvalue weighted by molar-refractivity contribution is 0.0515. The number of carbonyl (C=O) groups is 2. The van der Waals surface area contributed by atoms with Gasteiger partial charge in [0.1, 0.15) is 5.69 Å². The van der Waals surface area contributed by atoms with E-state index in [-0.39, 0.29) is 11.8 Å². The molecule has 1 aliphatic rings. The lowest BCUT2D eigenvalue weighted by atomic mass is 10.2. The standard InChI is InChI=1S/C19H25N5O4/c1-14-13-15(22-19(21-14)20-6-4-11-27-2)17(25)23-7-9-24(10-8-23)18(26)16-5-3-12-28-16/h3,5,12-13H,4,6-11H2,1-2H3,(H,20,21,22). The van der Waals surface area contributed by atoms with Crippen molar-refractivity contribution in [3.63, 3.8) is 0 Å². The lowest BCUT2D eigenvalue weighted by Gasteiger charge is -2.34. The summed E-state index contributed by atoms with van der Waals surface area (Å²) in [6.07, 6.45) is 2.30. The first kappa shape index (κ1) is 19.8. The molecule has 150 valence electrons. The number of hydrogen-bond donors (Lipinski definition) is 1. The topological polar surface area (TPSA) is 101 Å². The second-order valence-corrected chi connectivity index (χ2v) is 6.55. The number of furan rings is 1. The summed E-state index contributed by atoms with van der Waals surface area (Å²) in [4.78, 5) is 37.3. The molecule has 0 saturated carbocycles. The van der Waals surface area contributed by atoms with Gasteiger partial charge in [-0.05, 0) is 31.5 Å². The van der Waals surface area contributed by atoms with Gasteiger partial charge in [0.2, 0.25) is 5.95 Å². The minimum absolute atomic E-state index is 0.155. The number of carbonyl (C=O) groups excluding carboxylic acids is 2. The molecule has 0 bridgehead atoms. The molecule has 1 aliphatic heterocycles. The third-order valence-electron chi connectivity index (χ3n) is 4.47. The van der Waals surface area contributed by atoms with Crippen molar-refractivity contribution in [2.24, 2.45) is 0 Å². The minimum Gasteiger partial charge on any atom is -0.459 e. The summed E-state index contributed by atoms with van der Waals surface area (Å²) < 4.78 is 10.2. The fraction of sp³-hybridized carbons (Fsp3) is 0.474. The number of nitrogens with zero attached hydrogens (tertiary/aromatic N) is 4. The fourth-order valence-corrected chi connectivity index (χ4v) is 3.00. The molecule has 28 heavy (non-hydrogen) atoms. The van der Waals surface area contributed by atoms with Crippen molar-refractivity contribution in [1.29, 1.82) is 0 Å². The third kappa shape index (κ3) is 4.86. The molecular formula is C19H25N5O4. The maximum Gasteiger partial charge on any atom is 0.289 e. The van der Waals surface area contributed by atoms with Crippen LogP contribution in [0.1, 0.15) is 33.2 Å². The SMILES string of the molecule is COCCCNc1nc(C)cc(C(=O)N2CCN(C(=O)c3ccco3)CC2)n1. The molecule has 0 atom stereocenters. The van der Waals surface area contributed by atoms with Gasteiger partial charge in [-0.25, -0.2) is 9.97 Å². The van der Waals surface area contributed by atoms with Crippen molar-refractivity contribution in [2.75, 3.05) is 51.8 Å². The smallest absolute Gasteiger partial charge is 0.289 e. The second kappa shape index (κ2) is 9.32. The average molecular weight is 387 g/mol. The summed E-state index contributed by atoms with van der Waals surface area (Å²) in [5.41, 5.74) is 1.08. The van der Waals surface area contributed by atoms with E-state index >= 15 is 0 Å². The highest BCUT2D eigenvalue weighted by atomic mass is 16.5. The Morgan fingerprint density at radius 2 is 1.89 bits per heavy atom. The van der Waals surface area contributed by atoms with Crippen LogP contribution in [0.15, 0.2) is 28.9 Å². The maximum atomic E-state index is 12.9. The monoisotopic (exact) mass is 387 g/mol. The van der Waals surface area contributed by atoms with E-state index in [4.69, 9.17) is 9.15 Å². The molecule has 9 heteroatoms. The molecule has 3 rings (SSSR count). The quantitative estimate of drug-likeness (QED) is 0.717. The van der Waals surface area contributed by atoms with E-state index in [1.807, 2.05) is 6.92 Å². The number of methoxy groups -OCH3 is 1. The molecular weight excluding hydrogens is 362 g/mol. The van der Waals surface area contributed by atoms with Crippen molar-refractivity contribution in [2.45, 2.75) is 13.3 Å². The number of amides is 2. The van der Waals surface area contributed by atoms with Gasteiger partial charge in [-0.3, -0.25) is 9.59 Å². The average Bonchev–Trinajstić information content (AvgIpc) is 3.25.